The molecule has 5 heterocycles. The number of carbonyl (C=O) groups excluding carboxylic acids is 2. The zero-order valence-corrected chi connectivity index (χ0v) is 21.2. The molecule has 3 amide bonds. The molecule has 6 rings (SSSR count). The third-order valence-corrected chi connectivity index (χ3v) is 8.10. The predicted octanol–water partition coefficient (Wildman–Crippen LogP) is 3.79. The fourth-order valence-electron chi connectivity index (χ4n) is 4.97. The normalized spacial score (nSPS) is 16.8. The number of rotatable bonds is 4. The predicted molar refractivity (Wildman–Crippen MR) is 143 cm³/mol. The van der Waals surface area contributed by atoms with Gasteiger partial charge in [-0.05, 0) is 43.2 Å². The number of aromatic amines is 1. The van der Waals surface area contributed by atoms with Gasteiger partial charge in [0, 0.05) is 67.8 Å². The van der Waals surface area contributed by atoms with Crippen molar-refractivity contribution < 1.29 is 9.59 Å². The number of nitrogens with zero attached hydrogens (tertiary/aromatic N) is 6. The zero-order valence-electron chi connectivity index (χ0n) is 20.3. The second-order valence-electron chi connectivity index (χ2n) is 9.40. The summed E-state index contributed by atoms with van der Waals surface area (Å²) >= 11 is 1.52. The summed E-state index contributed by atoms with van der Waals surface area (Å²) in [5.41, 5.74) is 1.99. The van der Waals surface area contributed by atoms with Crippen LogP contribution in [0.25, 0.3) is 10.9 Å². The molecule has 0 aliphatic carbocycles. The van der Waals surface area contributed by atoms with Crippen molar-refractivity contribution in [2.24, 2.45) is 0 Å². The number of hydrogen-bond donors (Lipinski definition) is 2. The number of fused-ring (bicyclic) bond motifs is 1. The van der Waals surface area contributed by atoms with Crippen molar-refractivity contribution in [3.63, 3.8) is 0 Å². The van der Waals surface area contributed by atoms with Crippen LogP contribution < -0.4 is 10.2 Å². The zero-order chi connectivity index (χ0) is 25.2. The number of hydrogen-bond acceptors (Lipinski definition) is 7. The van der Waals surface area contributed by atoms with E-state index in [1.807, 2.05) is 51.6 Å². The van der Waals surface area contributed by atoms with Crippen molar-refractivity contribution in [2.45, 2.75) is 18.8 Å². The number of pyridine rings is 1. The fourth-order valence-corrected chi connectivity index (χ4v) is 5.95. The highest BCUT2D eigenvalue weighted by molar-refractivity contribution is 7.10. The van der Waals surface area contributed by atoms with Crippen molar-refractivity contribution >= 4 is 45.7 Å². The molecule has 10 nitrogen and oxygen atoms in total. The number of H-pyrrole nitrogens is 1. The van der Waals surface area contributed by atoms with Crippen LogP contribution >= 0.6 is 11.3 Å². The van der Waals surface area contributed by atoms with Crippen LogP contribution in [0.2, 0.25) is 0 Å². The molecule has 3 aromatic heterocycles. The van der Waals surface area contributed by atoms with E-state index in [9.17, 15) is 9.59 Å². The molecule has 190 valence electrons. The van der Waals surface area contributed by atoms with Crippen LogP contribution in [-0.4, -0.2) is 81.2 Å². The van der Waals surface area contributed by atoms with Gasteiger partial charge in [0.25, 0.3) is 5.91 Å². The van der Waals surface area contributed by atoms with Gasteiger partial charge in [0.1, 0.15) is 11.5 Å². The maximum absolute atomic E-state index is 13.1. The second-order valence-corrected chi connectivity index (χ2v) is 10.3. The van der Waals surface area contributed by atoms with Crippen molar-refractivity contribution in [3.05, 3.63) is 64.9 Å². The number of amides is 3. The summed E-state index contributed by atoms with van der Waals surface area (Å²) in [6.07, 6.45) is 5.25. The molecule has 0 saturated carbocycles. The number of aromatic nitrogens is 4. The van der Waals surface area contributed by atoms with Crippen LogP contribution in [0.4, 0.5) is 16.3 Å². The van der Waals surface area contributed by atoms with E-state index in [-0.39, 0.29) is 17.9 Å². The lowest BCUT2D eigenvalue weighted by molar-refractivity contribution is 0.102. The smallest absolute Gasteiger partial charge is 0.320 e. The molecule has 37 heavy (non-hydrogen) atoms. The molecule has 4 aromatic rings. The Kier molecular flexibility index (Phi) is 6.44. The average molecular weight is 517 g/mol. The van der Waals surface area contributed by atoms with Crippen LogP contribution in [0.5, 0.6) is 0 Å². The molecular formula is C26H28N8O2S. The van der Waals surface area contributed by atoms with Crippen molar-refractivity contribution in [3.8, 4) is 0 Å². The molecular weight excluding hydrogens is 488 g/mol. The molecule has 1 aromatic carbocycles. The molecule has 2 saturated heterocycles. The fraction of sp³-hybridized carbons (Fsp3) is 0.346. The summed E-state index contributed by atoms with van der Waals surface area (Å²) < 4.78 is 0. The summed E-state index contributed by atoms with van der Waals surface area (Å²) in [7, 11) is 0. The highest BCUT2D eigenvalue weighted by Crippen LogP contribution is 2.31. The number of piperidine rings is 1. The lowest BCUT2D eigenvalue weighted by Crippen LogP contribution is -2.54. The molecule has 0 atom stereocenters. The third-order valence-electron chi connectivity index (χ3n) is 7.09. The number of carbonyl (C=O) groups is 2. The first-order valence-electron chi connectivity index (χ1n) is 12.5. The minimum Gasteiger partial charge on any atom is -0.353 e. The summed E-state index contributed by atoms with van der Waals surface area (Å²) in [5.74, 6) is 1.00. The Bertz CT molecular complexity index is 1390. The number of benzene rings is 1. The lowest BCUT2D eigenvalue weighted by atomic mass is 9.98. The number of thiazole rings is 1. The molecule has 0 radical (unpaired) electrons. The molecule has 0 unspecified atom stereocenters. The maximum atomic E-state index is 13.1. The number of piperazine rings is 1. The van der Waals surface area contributed by atoms with Gasteiger partial charge in [0.2, 0.25) is 0 Å². The molecule has 2 aliphatic rings. The molecule has 0 spiro atoms. The number of likely N-dealkylation sites (tertiary alicyclic amines) is 1. The van der Waals surface area contributed by atoms with Crippen molar-refractivity contribution in [2.75, 3.05) is 49.5 Å². The van der Waals surface area contributed by atoms with Crippen molar-refractivity contribution in [1.82, 2.24) is 30.0 Å². The van der Waals surface area contributed by atoms with E-state index in [4.69, 9.17) is 0 Å². The first-order chi connectivity index (χ1) is 18.1. The summed E-state index contributed by atoms with van der Waals surface area (Å²) in [6.45, 7) is 4.39. The lowest BCUT2D eigenvalue weighted by Gasteiger charge is -2.39. The minimum absolute atomic E-state index is 0.118. The summed E-state index contributed by atoms with van der Waals surface area (Å²) in [5, 5.41) is 13.6. The van der Waals surface area contributed by atoms with Crippen LogP contribution in [-0.2, 0) is 0 Å². The Morgan fingerprint density at radius 3 is 2.59 bits per heavy atom. The summed E-state index contributed by atoms with van der Waals surface area (Å²) in [6, 6.07) is 11.7. The monoisotopic (exact) mass is 516 g/mol. The molecule has 2 fully saturated rings. The molecule has 2 N–H and O–H groups in total. The highest BCUT2D eigenvalue weighted by atomic mass is 32.1. The van der Waals surface area contributed by atoms with Gasteiger partial charge in [-0.1, -0.05) is 6.07 Å². The average Bonchev–Trinajstić information content (AvgIpc) is 3.63. The Labute approximate surface area is 218 Å². The largest absolute Gasteiger partial charge is 0.353 e. The van der Waals surface area contributed by atoms with E-state index < -0.39 is 0 Å². The standard InChI is InChI=1S/C26H28N8O2S/c35-24(29-20-5-4-19-16-28-31-21(19)15-20)22-17-37-25(30-22)18-6-9-33(10-7-18)26(36)34-13-11-32(12-14-34)23-3-1-2-8-27-23/h1-5,8,15-18H,6-7,9-14H2,(H,28,31)(H,29,35). The number of anilines is 2. The van der Waals surface area contributed by atoms with Crippen LogP contribution in [0, 0.1) is 0 Å². The van der Waals surface area contributed by atoms with Gasteiger partial charge in [0.05, 0.1) is 16.7 Å². The summed E-state index contributed by atoms with van der Waals surface area (Å²) in [4.78, 5) is 41.1. The third kappa shape index (κ3) is 4.99. The van der Waals surface area contributed by atoms with Crippen molar-refractivity contribution in [1.29, 1.82) is 0 Å². The van der Waals surface area contributed by atoms with Crippen LogP contribution in [0.3, 0.4) is 0 Å². The van der Waals surface area contributed by atoms with Gasteiger partial charge in [-0.3, -0.25) is 9.89 Å². The minimum atomic E-state index is -0.223. The first kappa shape index (κ1) is 23.4. The SMILES string of the molecule is O=C(Nc1ccc2cn[nH]c2c1)c1csc(C2CCN(C(=O)N3CCN(c4ccccn4)CC3)CC2)n1. The van der Waals surface area contributed by atoms with Gasteiger partial charge >= 0.3 is 6.03 Å². The molecule has 0 bridgehead atoms. The van der Waals surface area contributed by atoms with E-state index in [1.54, 1.807) is 12.4 Å². The Morgan fingerprint density at radius 2 is 1.81 bits per heavy atom. The number of urea groups is 1. The van der Waals surface area contributed by atoms with Gasteiger partial charge in [0.15, 0.2) is 0 Å². The van der Waals surface area contributed by atoms with Gasteiger partial charge in [-0.2, -0.15) is 5.10 Å². The topological polar surface area (TPSA) is 110 Å². The first-order valence-corrected chi connectivity index (χ1v) is 13.4. The van der Waals surface area contributed by atoms with E-state index in [1.165, 1.54) is 11.3 Å². The van der Waals surface area contributed by atoms with Gasteiger partial charge in [-0.25, -0.2) is 14.8 Å². The highest BCUT2D eigenvalue weighted by Gasteiger charge is 2.30. The van der Waals surface area contributed by atoms with Gasteiger partial charge < -0.3 is 20.0 Å². The Morgan fingerprint density at radius 1 is 1.00 bits per heavy atom. The molecule has 11 heteroatoms. The van der Waals surface area contributed by atoms with Crippen LogP contribution in [0.15, 0.2) is 54.2 Å². The van der Waals surface area contributed by atoms with E-state index in [0.717, 1.165) is 47.7 Å². The second kappa shape index (κ2) is 10.2. The van der Waals surface area contributed by atoms with E-state index in [0.29, 0.717) is 37.6 Å². The quantitative estimate of drug-likeness (QED) is 0.427. The number of nitrogens with one attached hydrogen (secondary N) is 2. The van der Waals surface area contributed by atoms with Gasteiger partial charge in [-0.15, -0.1) is 11.3 Å². The van der Waals surface area contributed by atoms with E-state index in [2.05, 4.69) is 30.4 Å². The maximum Gasteiger partial charge on any atom is 0.320 e. The Hall–Kier alpha value is -3.99. The van der Waals surface area contributed by atoms with Crippen LogP contribution in [0.1, 0.15) is 34.3 Å². The Balaban J connectivity index is 1.00. The molecule has 2 aliphatic heterocycles. The van der Waals surface area contributed by atoms with E-state index >= 15 is 0 Å².